The molecule has 0 unspecified atom stereocenters. The maximum atomic E-state index is 13.0. The Morgan fingerprint density at radius 3 is 2.16 bits per heavy atom. The lowest BCUT2D eigenvalue weighted by atomic mass is 9.96. The zero-order valence-corrected chi connectivity index (χ0v) is 10.2. The van der Waals surface area contributed by atoms with E-state index in [4.69, 9.17) is 0 Å². The fourth-order valence-corrected chi connectivity index (χ4v) is 1.85. The Labute approximate surface area is 108 Å². The Kier molecular flexibility index (Phi) is 3.42. The summed E-state index contributed by atoms with van der Waals surface area (Å²) in [6.45, 7) is 1.86. The minimum Gasteiger partial charge on any atom is -0.298 e. The second kappa shape index (κ2) is 4.88. The van der Waals surface area contributed by atoms with Gasteiger partial charge in [0.1, 0.15) is 6.29 Å². The summed E-state index contributed by atoms with van der Waals surface area (Å²) in [5.41, 5.74) is 0.924. The summed E-state index contributed by atoms with van der Waals surface area (Å²) >= 11 is 0. The predicted molar refractivity (Wildman–Crippen MR) is 67.0 cm³/mol. The van der Waals surface area contributed by atoms with Crippen LogP contribution in [0.4, 0.5) is 13.2 Å². The molecule has 2 aromatic carbocycles. The van der Waals surface area contributed by atoms with Crippen LogP contribution in [-0.2, 0) is 6.18 Å². The second-order valence-corrected chi connectivity index (χ2v) is 4.29. The molecule has 0 aliphatic carbocycles. The first-order valence-corrected chi connectivity index (χ1v) is 5.65. The number of benzene rings is 2. The van der Waals surface area contributed by atoms with Gasteiger partial charge in [0, 0.05) is 5.56 Å². The summed E-state index contributed by atoms with van der Waals surface area (Å²) in [6, 6.07) is 10.1. The minimum atomic E-state index is -4.44. The van der Waals surface area contributed by atoms with E-state index in [0.29, 0.717) is 11.8 Å². The predicted octanol–water partition coefficient (Wildman–Crippen LogP) is 4.49. The molecular weight excluding hydrogens is 253 g/mol. The topological polar surface area (TPSA) is 17.1 Å². The molecule has 19 heavy (non-hydrogen) atoms. The lowest BCUT2D eigenvalue weighted by molar-refractivity contribution is -0.137. The van der Waals surface area contributed by atoms with Gasteiger partial charge >= 0.3 is 6.18 Å². The van der Waals surface area contributed by atoms with E-state index in [9.17, 15) is 18.0 Å². The first-order valence-electron chi connectivity index (χ1n) is 5.65. The summed E-state index contributed by atoms with van der Waals surface area (Å²) in [7, 11) is 0. The molecule has 0 aromatic heterocycles. The molecule has 0 bridgehead atoms. The van der Waals surface area contributed by atoms with E-state index in [1.807, 2.05) is 6.92 Å². The second-order valence-electron chi connectivity index (χ2n) is 4.29. The first-order chi connectivity index (χ1) is 8.91. The number of rotatable bonds is 2. The van der Waals surface area contributed by atoms with E-state index < -0.39 is 11.7 Å². The molecule has 0 saturated carbocycles. The number of carbonyl (C=O) groups is 1. The summed E-state index contributed by atoms with van der Waals surface area (Å²) in [4.78, 5) is 10.7. The van der Waals surface area contributed by atoms with Gasteiger partial charge in [0.15, 0.2) is 0 Å². The van der Waals surface area contributed by atoms with Gasteiger partial charge in [-0.15, -0.1) is 0 Å². The SMILES string of the molecule is Cc1ccc(-c2cc(C=O)ccc2C(F)(F)F)cc1. The number of aldehydes is 1. The average Bonchev–Trinajstić information content (AvgIpc) is 2.38. The number of aryl methyl sites for hydroxylation is 1. The van der Waals surface area contributed by atoms with Gasteiger partial charge in [-0.1, -0.05) is 35.9 Å². The Morgan fingerprint density at radius 1 is 1.00 bits per heavy atom. The lowest BCUT2D eigenvalue weighted by Crippen LogP contribution is -2.07. The molecule has 0 spiro atoms. The number of hydrogen-bond acceptors (Lipinski definition) is 1. The van der Waals surface area contributed by atoms with Crippen LogP contribution < -0.4 is 0 Å². The standard InChI is InChI=1S/C15H11F3O/c1-10-2-5-12(6-3-10)13-8-11(9-19)4-7-14(13)15(16,17)18/h2-9H,1H3. The maximum Gasteiger partial charge on any atom is 0.417 e. The fourth-order valence-electron chi connectivity index (χ4n) is 1.85. The van der Waals surface area contributed by atoms with Crippen molar-refractivity contribution < 1.29 is 18.0 Å². The highest BCUT2D eigenvalue weighted by Gasteiger charge is 2.33. The van der Waals surface area contributed by atoms with Crippen LogP contribution in [0.3, 0.4) is 0 Å². The zero-order chi connectivity index (χ0) is 14.0. The third-order valence-corrected chi connectivity index (χ3v) is 2.85. The Hall–Kier alpha value is -2.10. The highest BCUT2D eigenvalue weighted by molar-refractivity contribution is 5.80. The molecule has 0 radical (unpaired) electrons. The number of hydrogen-bond donors (Lipinski definition) is 0. The third kappa shape index (κ3) is 2.84. The number of alkyl halides is 3. The molecule has 0 atom stereocenters. The lowest BCUT2D eigenvalue weighted by Gasteiger charge is -2.13. The van der Waals surface area contributed by atoms with Crippen molar-refractivity contribution in [2.75, 3.05) is 0 Å². The van der Waals surface area contributed by atoms with Crippen molar-refractivity contribution >= 4 is 6.29 Å². The summed E-state index contributed by atoms with van der Waals surface area (Å²) in [5, 5.41) is 0. The molecule has 0 saturated heterocycles. The van der Waals surface area contributed by atoms with Gasteiger partial charge in [-0.2, -0.15) is 13.2 Å². The average molecular weight is 264 g/mol. The van der Waals surface area contributed by atoms with Gasteiger partial charge in [0.05, 0.1) is 5.56 Å². The van der Waals surface area contributed by atoms with Gasteiger partial charge in [-0.25, -0.2) is 0 Å². The molecule has 98 valence electrons. The highest BCUT2D eigenvalue weighted by atomic mass is 19.4. The molecule has 4 heteroatoms. The van der Waals surface area contributed by atoms with Crippen LogP contribution in [0.25, 0.3) is 11.1 Å². The Balaban J connectivity index is 2.64. The van der Waals surface area contributed by atoms with Crippen molar-refractivity contribution in [3.05, 3.63) is 59.2 Å². The van der Waals surface area contributed by atoms with E-state index in [1.54, 1.807) is 24.3 Å². The van der Waals surface area contributed by atoms with Crippen LogP contribution in [0.1, 0.15) is 21.5 Å². The highest BCUT2D eigenvalue weighted by Crippen LogP contribution is 2.37. The third-order valence-electron chi connectivity index (χ3n) is 2.85. The fraction of sp³-hybridized carbons (Fsp3) is 0.133. The number of carbonyl (C=O) groups excluding carboxylic acids is 1. The van der Waals surface area contributed by atoms with E-state index in [-0.39, 0.29) is 11.1 Å². The summed E-state index contributed by atoms with van der Waals surface area (Å²) in [6.07, 6.45) is -3.90. The number of halogens is 3. The van der Waals surface area contributed by atoms with Crippen LogP contribution in [0.2, 0.25) is 0 Å². The smallest absolute Gasteiger partial charge is 0.298 e. The first kappa shape index (κ1) is 13.3. The normalized spacial score (nSPS) is 11.4. The van der Waals surface area contributed by atoms with Crippen LogP contribution >= 0.6 is 0 Å². The molecule has 2 aromatic rings. The van der Waals surface area contributed by atoms with Crippen molar-refractivity contribution in [1.29, 1.82) is 0 Å². The van der Waals surface area contributed by atoms with Crippen LogP contribution in [-0.4, -0.2) is 6.29 Å². The zero-order valence-electron chi connectivity index (χ0n) is 10.2. The molecule has 2 rings (SSSR count). The van der Waals surface area contributed by atoms with Gasteiger partial charge in [0.2, 0.25) is 0 Å². The molecule has 0 fully saturated rings. The summed E-state index contributed by atoms with van der Waals surface area (Å²) < 4.78 is 38.9. The van der Waals surface area contributed by atoms with Crippen molar-refractivity contribution in [2.24, 2.45) is 0 Å². The van der Waals surface area contributed by atoms with Gasteiger partial charge in [-0.3, -0.25) is 4.79 Å². The summed E-state index contributed by atoms with van der Waals surface area (Å²) in [5.74, 6) is 0. The van der Waals surface area contributed by atoms with Crippen LogP contribution in [0.15, 0.2) is 42.5 Å². The van der Waals surface area contributed by atoms with Crippen molar-refractivity contribution in [2.45, 2.75) is 13.1 Å². The molecule has 0 heterocycles. The maximum absolute atomic E-state index is 13.0. The van der Waals surface area contributed by atoms with E-state index in [2.05, 4.69) is 0 Å². The van der Waals surface area contributed by atoms with Gasteiger partial charge < -0.3 is 0 Å². The van der Waals surface area contributed by atoms with Gasteiger partial charge in [-0.05, 0) is 30.2 Å². The van der Waals surface area contributed by atoms with E-state index in [1.165, 1.54) is 12.1 Å². The quantitative estimate of drug-likeness (QED) is 0.730. The van der Waals surface area contributed by atoms with Crippen molar-refractivity contribution in [3.8, 4) is 11.1 Å². The van der Waals surface area contributed by atoms with Crippen LogP contribution in [0.5, 0.6) is 0 Å². The minimum absolute atomic E-state index is 0.0251. The Morgan fingerprint density at radius 2 is 1.63 bits per heavy atom. The Bertz CT molecular complexity index is 598. The van der Waals surface area contributed by atoms with Crippen LogP contribution in [0, 0.1) is 6.92 Å². The monoisotopic (exact) mass is 264 g/mol. The molecular formula is C15H11F3O. The molecule has 0 aliphatic rings. The van der Waals surface area contributed by atoms with Gasteiger partial charge in [0.25, 0.3) is 0 Å². The molecule has 1 nitrogen and oxygen atoms in total. The molecule has 0 N–H and O–H groups in total. The van der Waals surface area contributed by atoms with Crippen molar-refractivity contribution in [3.63, 3.8) is 0 Å². The van der Waals surface area contributed by atoms with Crippen molar-refractivity contribution in [1.82, 2.24) is 0 Å². The largest absolute Gasteiger partial charge is 0.417 e. The molecule has 0 amide bonds. The van der Waals surface area contributed by atoms with E-state index >= 15 is 0 Å². The van der Waals surface area contributed by atoms with E-state index in [0.717, 1.165) is 11.6 Å². The molecule has 0 aliphatic heterocycles.